The van der Waals surface area contributed by atoms with Crippen molar-refractivity contribution in [2.45, 2.75) is 50.6 Å². The van der Waals surface area contributed by atoms with Gasteiger partial charge in [-0.3, -0.25) is 4.90 Å². The van der Waals surface area contributed by atoms with E-state index in [-0.39, 0.29) is 12.1 Å². The van der Waals surface area contributed by atoms with E-state index >= 15 is 0 Å². The number of hydrogen-bond acceptors (Lipinski definition) is 2. The molecule has 2 aromatic carbocycles. The van der Waals surface area contributed by atoms with Gasteiger partial charge in [0.1, 0.15) is 0 Å². The molecule has 2 atom stereocenters. The van der Waals surface area contributed by atoms with Crippen molar-refractivity contribution in [2.24, 2.45) is 5.92 Å². The van der Waals surface area contributed by atoms with Gasteiger partial charge in [0, 0.05) is 27.8 Å². The van der Waals surface area contributed by atoms with Gasteiger partial charge in [-0.2, -0.15) is 0 Å². The van der Waals surface area contributed by atoms with Gasteiger partial charge >= 0.3 is 6.03 Å². The van der Waals surface area contributed by atoms with Gasteiger partial charge in [-0.05, 0) is 93.4 Å². The van der Waals surface area contributed by atoms with Crippen molar-refractivity contribution in [1.82, 2.24) is 10.2 Å². The molecule has 0 bridgehead atoms. The van der Waals surface area contributed by atoms with Crippen molar-refractivity contribution in [1.29, 1.82) is 0 Å². The van der Waals surface area contributed by atoms with Gasteiger partial charge < -0.3 is 10.6 Å². The van der Waals surface area contributed by atoms with E-state index in [2.05, 4.69) is 27.7 Å². The molecule has 30 heavy (non-hydrogen) atoms. The van der Waals surface area contributed by atoms with Crippen molar-refractivity contribution in [2.75, 3.05) is 18.4 Å². The molecular weight excluding hydrogens is 417 g/mol. The molecule has 4 rings (SSSR count). The molecule has 1 saturated heterocycles. The first-order chi connectivity index (χ1) is 14.6. The second-order valence-electron chi connectivity index (χ2n) is 8.52. The summed E-state index contributed by atoms with van der Waals surface area (Å²) < 4.78 is 0. The summed E-state index contributed by atoms with van der Waals surface area (Å²) in [6.07, 6.45) is 6.90. The number of hydrogen-bond donors (Lipinski definition) is 2. The summed E-state index contributed by atoms with van der Waals surface area (Å²) in [6.45, 7) is 2.22. The van der Waals surface area contributed by atoms with Crippen LogP contribution in [0.2, 0.25) is 10.0 Å². The number of likely N-dealkylation sites (tertiary alicyclic amines) is 1. The Morgan fingerprint density at radius 3 is 2.47 bits per heavy atom. The summed E-state index contributed by atoms with van der Waals surface area (Å²) in [4.78, 5) is 15.1. The summed E-state index contributed by atoms with van der Waals surface area (Å²) in [5, 5.41) is 7.53. The Bertz CT molecular complexity index is 850. The highest BCUT2D eigenvalue weighted by molar-refractivity contribution is 6.31. The number of nitrogens with one attached hydrogen (secondary N) is 2. The van der Waals surface area contributed by atoms with Crippen LogP contribution in [0.25, 0.3) is 0 Å². The van der Waals surface area contributed by atoms with Gasteiger partial charge in [-0.1, -0.05) is 41.4 Å². The topological polar surface area (TPSA) is 44.4 Å². The van der Waals surface area contributed by atoms with Crippen molar-refractivity contribution in [3.63, 3.8) is 0 Å². The standard InChI is InChI=1S/C24H29Cl2N3O/c25-19-9-7-17(8-10-19)15-18-11-13-29(14-12-18)23-6-2-5-22(23)28-24(30)27-21-4-1-3-20(26)16-21/h1,3-4,7-10,16,18,22-23H,2,5-6,11-15H2,(H2,27,28,30). The van der Waals surface area contributed by atoms with E-state index in [1.54, 1.807) is 12.1 Å². The number of anilines is 1. The van der Waals surface area contributed by atoms with Crippen molar-refractivity contribution in [3.05, 3.63) is 64.1 Å². The third-order valence-electron chi connectivity index (χ3n) is 6.43. The van der Waals surface area contributed by atoms with Crippen LogP contribution in [0.15, 0.2) is 48.5 Å². The zero-order valence-electron chi connectivity index (χ0n) is 17.1. The molecule has 1 aliphatic heterocycles. The maximum atomic E-state index is 12.5. The largest absolute Gasteiger partial charge is 0.334 e. The van der Waals surface area contributed by atoms with Gasteiger partial charge in [-0.25, -0.2) is 4.79 Å². The Labute approximate surface area is 188 Å². The van der Waals surface area contributed by atoms with Gasteiger partial charge in [0.2, 0.25) is 0 Å². The average Bonchev–Trinajstić information content (AvgIpc) is 3.18. The molecule has 0 radical (unpaired) electrons. The van der Waals surface area contributed by atoms with E-state index in [9.17, 15) is 4.79 Å². The molecule has 0 spiro atoms. The molecule has 2 amide bonds. The molecule has 4 nitrogen and oxygen atoms in total. The van der Waals surface area contributed by atoms with E-state index in [1.165, 1.54) is 18.4 Å². The Morgan fingerprint density at radius 2 is 1.73 bits per heavy atom. The number of urea groups is 1. The fraction of sp³-hybridized carbons (Fsp3) is 0.458. The lowest BCUT2D eigenvalue weighted by Gasteiger charge is -2.38. The number of piperidine rings is 1. The molecule has 2 N–H and O–H groups in total. The first-order valence-electron chi connectivity index (χ1n) is 10.9. The molecular formula is C24H29Cl2N3O. The minimum Gasteiger partial charge on any atom is -0.334 e. The zero-order chi connectivity index (χ0) is 20.9. The van der Waals surface area contributed by atoms with Crippen LogP contribution in [0.4, 0.5) is 10.5 Å². The third kappa shape index (κ3) is 5.69. The Kier molecular flexibility index (Phi) is 7.19. The maximum Gasteiger partial charge on any atom is 0.319 e. The Morgan fingerprint density at radius 1 is 0.967 bits per heavy atom. The van der Waals surface area contributed by atoms with E-state index in [0.29, 0.717) is 11.1 Å². The molecule has 1 aliphatic carbocycles. The fourth-order valence-electron chi connectivity index (χ4n) is 4.89. The number of rotatable bonds is 5. The van der Waals surface area contributed by atoms with Gasteiger partial charge in [0.25, 0.3) is 0 Å². The summed E-state index contributed by atoms with van der Waals surface area (Å²) >= 11 is 12.0. The predicted molar refractivity (Wildman–Crippen MR) is 124 cm³/mol. The van der Waals surface area contributed by atoms with Crippen LogP contribution >= 0.6 is 23.2 Å². The monoisotopic (exact) mass is 445 g/mol. The van der Waals surface area contributed by atoms with Crippen LogP contribution in [0.1, 0.15) is 37.7 Å². The van der Waals surface area contributed by atoms with Gasteiger partial charge in [-0.15, -0.1) is 0 Å². The third-order valence-corrected chi connectivity index (χ3v) is 6.92. The average molecular weight is 446 g/mol. The molecule has 1 heterocycles. The van der Waals surface area contributed by atoms with Crippen LogP contribution in [0.3, 0.4) is 0 Å². The quantitative estimate of drug-likeness (QED) is 0.593. The Hall–Kier alpha value is -1.75. The summed E-state index contributed by atoms with van der Waals surface area (Å²) in [7, 11) is 0. The van der Waals surface area contributed by atoms with E-state index < -0.39 is 0 Å². The summed E-state index contributed by atoms with van der Waals surface area (Å²) in [6, 6.07) is 16.0. The van der Waals surface area contributed by atoms with E-state index in [4.69, 9.17) is 23.2 Å². The second kappa shape index (κ2) is 10.0. The molecule has 160 valence electrons. The van der Waals surface area contributed by atoms with Gasteiger partial charge in [0.15, 0.2) is 0 Å². The minimum atomic E-state index is -0.146. The van der Waals surface area contributed by atoms with Crippen molar-refractivity contribution >= 4 is 34.9 Å². The van der Waals surface area contributed by atoms with Crippen LogP contribution in [0, 0.1) is 5.92 Å². The number of carbonyl (C=O) groups excluding carboxylic acids is 1. The van der Waals surface area contributed by atoms with Crippen molar-refractivity contribution in [3.8, 4) is 0 Å². The van der Waals surface area contributed by atoms with Crippen LogP contribution < -0.4 is 10.6 Å². The van der Waals surface area contributed by atoms with Gasteiger partial charge in [0.05, 0.1) is 0 Å². The maximum absolute atomic E-state index is 12.5. The highest BCUT2D eigenvalue weighted by Gasteiger charge is 2.35. The lowest BCUT2D eigenvalue weighted by molar-refractivity contribution is 0.119. The number of benzene rings is 2. The van der Waals surface area contributed by atoms with Crippen LogP contribution in [0.5, 0.6) is 0 Å². The molecule has 2 aliphatic rings. The lowest BCUT2D eigenvalue weighted by atomic mass is 9.89. The number of nitrogens with zero attached hydrogens (tertiary/aromatic N) is 1. The van der Waals surface area contributed by atoms with Crippen molar-refractivity contribution < 1.29 is 4.79 Å². The smallest absolute Gasteiger partial charge is 0.319 e. The number of halogens is 2. The van der Waals surface area contributed by atoms with Crippen LogP contribution in [-0.2, 0) is 6.42 Å². The van der Waals surface area contributed by atoms with E-state index in [1.807, 2.05) is 24.3 Å². The molecule has 0 aromatic heterocycles. The zero-order valence-corrected chi connectivity index (χ0v) is 18.6. The van der Waals surface area contributed by atoms with E-state index in [0.717, 1.165) is 55.4 Å². The molecule has 2 aromatic rings. The number of carbonyl (C=O) groups is 1. The second-order valence-corrected chi connectivity index (χ2v) is 9.40. The van der Waals surface area contributed by atoms with Crippen LogP contribution in [-0.4, -0.2) is 36.1 Å². The summed E-state index contributed by atoms with van der Waals surface area (Å²) in [5.41, 5.74) is 2.09. The molecule has 2 unspecified atom stereocenters. The first kappa shape index (κ1) is 21.5. The molecule has 1 saturated carbocycles. The predicted octanol–water partition coefficient (Wildman–Crippen LogP) is 5.99. The number of amides is 2. The normalized spacial score (nSPS) is 22.7. The fourth-order valence-corrected chi connectivity index (χ4v) is 5.21. The molecule has 6 heteroatoms. The highest BCUT2D eigenvalue weighted by Crippen LogP contribution is 2.30. The first-order valence-corrected chi connectivity index (χ1v) is 11.6. The SMILES string of the molecule is O=C(Nc1cccc(Cl)c1)NC1CCCC1N1CCC(Cc2ccc(Cl)cc2)CC1. The lowest BCUT2D eigenvalue weighted by Crippen LogP contribution is -2.52. The minimum absolute atomic E-state index is 0.146. The Balaban J connectivity index is 1.26. The summed E-state index contributed by atoms with van der Waals surface area (Å²) in [5.74, 6) is 0.723. The molecule has 2 fully saturated rings. The highest BCUT2D eigenvalue weighted by atomic mass is 35.5.